The largest absolute Gasteiger partial charge is 0.497 e. The molecule has 10 atom stereocenters. The number of epoxide rings is 1. The molecule has 4 saturated carbocycles. The predicted molar refractivity (Wildman–Crippen MR) is 155 cm³/mol. The maximum Gasteiger partial charge on any atom is 0.338 e. The molecule has 216 valence electrons. The third kappa shape index (κ3) is 4.46. The number of methoxy groups -OCH3 is 1. The van der Waals surface area contributed by atoms with Crippen molar-refractivity contribution in [3.63, 3.8) is 0 Å². The van der Waals surface area contributed by atoms with Crippen LogP contribution in [-0.4, -0.2) is 30.9 Å². The lowest BCUT2D eigenvalue weighted by atomic mass is 9.44. The first-order chi connectivity index (χ1) is 18.6. The van der Waals surface area contributed by atoms with Gasteiger partial charge < -0.3 is 14.2 Å². The summed E-state index contributed by atoms with van der Waals surface area (Å²) >= 11 is 0. The molecule has 4 nitrogen and oxygen atoms in total. The lowest BCUT2D eigenvalue weighted by Gasteiger charge is -2.59. The Labute approximate surface area is 236 Å². The van der Waals surface area contributed by atoms with E-state index in [4.69, 9.17) is 14.2 Å². The molecule has 39 heavy (non-hydrogen) atoms. The summed E-state index contributed by atoms with van der Waals surface area (Å²) in [6.07, 6.45) is 14.3. The number of rotatable bonds is 8. The molecule has 1 aromatic rings. The molecule has 0 amide bonds. The van der Waals surface area contributed by atoms with Gasteiger partial charge >= 0.3 is 5.97 Å². The quantitative estimate of drug-likeness (QED) is 0.247. The van der Waals surface area contributed by atoms with Crippen molar-refractivity contribution in [3.8, 4) is 5.75 Å². The number of hydrogen-bond donors (Lipinski definition) is 0. The summed E-state index contributed by atoms with van der Waals surface area (Å²) in [7, 11) is 1.64. The minimum Gasteiger partial charge on any atom is -0.497 e. The third-order valence-electron chi connectivity index (χ3n) is 12.8. The second kappa shape index (κ2) is 10.1. The lowest BCUT2D eigenvalue weighted by Crippen LogP contribution is -2.59. The summed E-state index contributed by atoms with van der Waals surface area (Å²) in [4.78, 5) is 12.9. The Morgan fingerprint density at radius 1 is 1.00 bits per heavy atom. The van der Waals surface area contributed by atoms with Crippen LogP contribution in [0.15, 0.2) is 24.3 Å². The summed E-state index contributed by atoms with van der Waals surface area (Å²) in [5, 5.41) is 0. The van der Waals surface area contributed by atoms with Crippen molar-refractivity contribution < 1.29 is 19.0 Å². The fourth-order valence-corrected chi connectivity index (χ4v) is 10.7. The highest BCUT2D eigenvalue weighted by Crippen LogP contribution is 2.74. The maximum atomic E-state index is 12.9. The van der Waals surface area contributed by atoms with E-state index < -0.39 is 0 Å². The predicted octanol–water partition coefficient (Wildman–Crippen LogP) is 8.47. The summed E-state index contributed by atoms with van der Waals surface area (Å²) < 4.78 is 18.1. The second-order valence-electron chi connectivity index (χ2n) is 15.1. The van der Waals surface area contributed by atoms with E-state index in [2.05, 4.69) is 34.6 Å². The highest BCUT2D eigenvalue weighted by atomic mass is 16.6. The summed E-state index contributed by atoms with van der Waals surface area (Å²) in [6, 6.07) is 7.25. The Morgan fingerprint density at radius 3 is 2.49 bits per heavy atom. The third-order valence-corrected chi connectivity index (χ3v) is 12.8. The van der Waals surface area contributed by atoms with E-state index in [1.807, 2.05) is 12.1 Å². The van der Waals surface area contributed by atoms with Gasteiger partial charge in [0.25, 0.3) is 0 Å². The zero-order valence-electron chi connectivity index (χ0n) is 25.3. The number of hydrogen-bond acceptors (Lipinski definition) is 4. The number of carbonyl (C=O) groups excluding carboxylic acids is 1. The van der Waals surface area contributed by atoms with Gasteiger partial charge in [-0.25, -0.2) is 4.79 Å². The number of carbonyl (C=O) groups is 1. The minimum absolute atomic E-state index is 0.0503. The molecule has 1 aromatic carbocycles. The lowest BCUT2D eigenvalue weighted by molar-refractivity contribution is -0.118. The van der Waals surface area contributed by atoms with Gasteiger partial charge in [0.1, 0.15) is 17.5 Å². The molecule has 0 unspecified atom stereocenters. The normalized spacial score (nSPS) is 43.1. The van der Waals surface area contributed by atoms with Crippen LogP contribution in [0.5, 0.6) is 5.75 Å². The number of esters is 1. The van der Waals surface area contributed by atoms with Crippen LogP contribution in [0.4, 0.5) is 0 Å². The Morgan fingerprint density at radius 2 is 1.77 bits per heavy atom. The van der Waals surface area contributed by atoms with Crippen LogP contribution in [-0.2, 0) is 9.47 Å². The molecule has 4 aliphatic carbocycles. The second-order valence-corrected chi connectivity index (χ2v) is 15.1. The van der Waals surface area contributed by atoms with Gasteiger partial charge in [0, 0.05) is 11.8 Å². The number of fused-ring (bicyclic) bond motifs is 4. The van der Waals surface area contributed by atoms with Gasteiger partial charge in [0.05, 0.1) is 18.8 Å². The molecule has 0 bridgehead atoms. The number of ether oxygens (including phenoxy) is 3. The van der Waals surface area contributed by atoms with E-state index in [0.29, 0.717) is 17.1 Å². The Bertz CT molecular complexity index is 1050. The Hall–Kier alpha value is -1.55. The average Bonchev–Trinajstić information content (AvgIpc) is 3.49. The van der Waals surface area contributed by atoms with Gasteiger partial charge in [0.15, 0.2) is 0 Å². The first kappa shape index (κ1) is 27.6. The highest BCUT2D eigenvalue weighted by Gasteiger charge is 2.76. The van der Waals surface area contributed by atoms with Gasteiger partial charge in [-0.15, -0.1) is 0 Å². The monoisotopic (exact) mass is 536 g/mol. The molecule has 0 N–H and O–H groups in total. The zero-order chi connectivity index (χ0) is 27.6. The van der Waals surface area contributed by atoms with Crippen molar-refractivity contribution in [2.45, 2.75) is 123 Å². The smallest absolute Gasteiger partial charge is 0.338 e. The number of benzene rings is 1. The topological polar surface area (TPSA) is 48.1 Å². The molecule has 1 saturated heterocycles. The van der Waals surface area contributed by atoms with Crippen molar-refractivity contribution in [1.82, 2.24) is 0 Å². The van der Waals surface area contributed by atoms with E-state index in [-0.39, 0.29) is 23.1 Å². The maximum absolute atomic E-state index is 12.9. The van der Waals surface area contributed by atoms with Crippen molar-refractivity contribution >= 4 is 5.97 Å². The van der Waals surface area contributed by atoms with Crippen LogP contribution >= 0.6 is 0 Å². The molecule has 5 fully saturated rings. The Balaban J connectivity index is 1.12. The molecular formula is C35H52O4. The van der Waals surface area contributed by atoms with Gasteiger partial charge in [-0.05, 0) is 110 Å². The van der Waals surface area contributed by atoms with Crippen molar-refractivity contribution in [2.75, 3.05) is 7.11 Å². The van der Waals surface area contributed by atoms with Crippen LogP contribution in [0, 0.1) is 46.3 Å². The first-order valence-electron chi connectivity index (χ1n) is 16.1. The van der Waals surface area contributed by atoms with Crippen LogP contribution in [0.2, 0.25) is 0 Å². The first-order valence-corrected chi connectivity index (χ1v) is 16.1. The zero-order valence-corrected chi connectivity index (χ0v) is 25.3. The molecule has 0 aromatic heterocycles. The van der Waals surface area contributed by atoms with Crippen LogP contribution in [0.25, 0.3) is 0 Å². The fraction of sp³-hybridized carbons (Fsp3) is 0.800. The highest BCUT2D eigenvalue weighted by molar-refractivity contribution is 5.89. The minimum atomic E-state index is -0.221. The standard InChI is InChI=1S/C35H52O4/c1-22(2)8-7-9-23(3)28-14-15-29-27-20-31-35(39-31)21-26(38-32(36)24-10-12-25(37-6)13-11-24)16-19-34(35,5)30(27)17-18-33(28,29)4/h10-13,22-23,26-31H,7-9,14-21H2,1-6H3/t23-,26+,27-,28+,29-,30-,31-,33+,34+,35-/m0/s1. The fourth-order valence-electron chi connectivity index (χ4n) is 10.7. The molecule has 6 rings (SSSR count). The van der Waals surface area contributed by atoms with Crippen molar-refractivity contribution in [1.29, 1.82) is 0 Å². The molecule has 4 heteroatoms. The van der Waals surface area contributed by atoms with Crippen LogP contribution in [0.3, 0.4) is 0 Å². The molecule has 1 spiro atoms. The van der Waals surface area contributed by atoms with E-state index in [0.717, 1.165) is 60.5 Å². The van der Waals surface area contributed by atoms with Crippen LogP contribution < -0.4 is 4.74 Å². The van der Waals surface area contributed by atoms with E-state index in [9.17, 15) is 4.79 Å². The van der Waals surface area contributed by atoms with E-state index in [1.165, 1.54) is 51.4 Å². The van der Waals surface area contributed by atoms with Gasteiger partial charge in [-0.1, -0.05) is 53.9 Å². The van der Waals surface area contributed by atoms with E-state index in [1.54, 1.807) is 19.2 Å². The van der Waals surface area contributed by atoms with Gasteiger partial charge in [-0.3, -0.25) is 0 Å². The molecule has 0 radical (unpaired) electrons. The average molecular weight is 537 g/mol. The SMILES string of the molecule is COc1ccc(C(=O)O[C@@H]2CC[C@]3(C)[C@H]4CC[C@]5(C)[C@@H]([C@@H](C)CCCC(C)C)CC[C@H]5[C@@H]4C[C@@H]4O[C@@]43C2)cc1. The van der Waals surface area contributed by atoms with Gasteiger partial charge in [0.2, 0.25) is 0 Å². The van der Waals surface area contributed by atoms with Gasteiger partial charge in [-0.2, -0.15) is 0 Å². The summed E-state index contributed by atoms with van der Waals surface area (Å²) in [6.45, 7) is 12.5. The molecule has 1 heterocycles. The molecular weight excluding hydrogens is 484 g/mol. The van der Waals surface area contributed by atoms with E-state index >= 15 is 0 Å². The van der Waals surface area contributed by atoms with Crippen LogP contribution in [0.1, 0.15) is 116 Å². The Kier molecular flexibility index (Phi) is 7.13. The van der Waals surface area contributed by atoms with Crippen molar-refractivity contribution in [3.05, 3.63) is 29.8 Å². The molecule has 5 aliphatic rings. The van der Waals surface area contributed by atoms with Crippen molar-refractivity contribution in [2.24, 2.45) is 46.3 Å². The molecule has 1 aliphatic heterocycles. The summed E-state index contributed by atoms with van der Waals surface area (Å²) in [5.41, 5.74) is 1.24. The summed E-state index contributed by atoms with van der Waals surface area (Å²) in [5.74, 6) is 5.51.